The van der Waals surface area contributed by atoms with E-state index >= 15 is 0 Å². The quantitative estimate of drug-likeness (QED) is 0.773. The summed E-state index contributed by atoms with van der Waals surface area (Å²) >= 11 is 9.32. The molecule has 0 amide bonds. The summed E-state index contributed by atoms with van der Waals surface area (Å²) in [5.41, 5.74) is 0.864. The molecule has 0 saturated heterocycles. The molecule has 17 heavy (non-hydrogen) atoms. The minimum Gasteiger partial charge on any atom is -0.493 e. The summed E-state index contributed by atoms with van der Waals surface area (Å²) in [7, 11) is 1.55. The van der Waals surface area contributed by atoms with Crippen LogP contribution < -0.4 is 9.47 Å². The largest absolute Gasteiger partial charge is 0.493 e. The minimum absolute atomic E-state index is 0.483. The molecule has 1 rings (SSSR count). The Labute approximate surface area is 114 Å². The Morgan fingerprint density at radius 3 is 2.71 bits per heavy atom. The lowest BCUT2D eigenvalue weighted by Gasteiger charge is -2.17. The maximum atomic E-state index is 8.92. The van der Waals surface area contributed by atoms with Crippen LogP contribution >= 0.6 is 27.5 Å². The summed E-state index contributed by atoms with van der Waals surface area (Å²) in [6, 6.07) is 5.56. The number of ether oxygens (including phenoxy) is 2. The minimum atomic E-state index is -0.483. The van der Waals surface area contributed by atoms with Crippen molar-refractivity contribution in [1.29, 1.82) is 5.26 Å². The highest BCUT2D eigenvalue weighted by atomic mass is 79.9. The average Bonchev–Trinajstić information content (AvgIpc) is 2.36. The molecule has 0 saturated carbocycles. The van der Waals surface area contributed by atoms with Gasteiger partial charge in [0.15, 0.2) is 17.6 Å². The molecule has 0 spiro atoms. The number of halogens is 2. The van der Waals surface area contributed by atoms with E-state index in [4.69, 9.17) is 26.3 Å². The number of hydrogen-bond acceptors (Lipinski definition) is 3. The normalized spacial score (nSPS) is 11.7. The monoisotopic (exact) mass is 317 g/mol. The fourth-order valence-corrected chi connectivity index (χ4v) is 2.00. The highest BCUT2D eigenvalue weighted by Gasteiger charge is 2.16. The lowest BCUT2D eigenvalue weighted by atomic mass is 10.2. The maximum absolute atomic E-state index is 8.92. The van der Waals surface area contributed by atoms with Crippen LogP contribution in [0.25, 0.3) is 0 Å². The topological polar surface area (TPSA) is 42.2 Å². The van der Waals surface area contributed by atoms with Gasteiger partial charge in [0.05, 0.1) is 7.11 Å². The summed E-state index contributed by atoms with van der Waals surface area (Å²) in [5.74, 6) is 1.11. The van der Waals surface area contributed by atoms with E-state index in [0.29, 0.717) is 28.3 Å². The zero-order valence-corrected chi connectivity index (χ0v) is 12.0. The summed E-state index contributed by atoms with van der Waals surface area (Å²) in [4.78, 5) is 0. The van der Waals surface area contributed by atoms with Crippen molar-refractivity contribution in [2.45, 2.75) is 24.8 Å². The van der Waals surface area contributed by atoms with Crippen LogP contribution in [0.4, 0.5) is 0 Å². The third-order valence-electron chi connectivity index (χ3n) is 2.24. The van der Waals surface area contributed by atoms with Crippen LogP contribution in [0.15, 0.2) is 12.1 Å². The van der Waals surface area contributed by atoms with Gasteiger partial charge in [-0.2, -0.15) is 5.26 Å². The van der Waals surface area contributed by atoms with E-state index in [1.165, 1.54) is 0 Å². The van der Waals surface area contributed by atoms with Crippen LogP contribution in [-0.2, 0) is 5.33 Å². The molecule has 3 nitrogen and oxygen atoms in total. The van der Waals surface area contributed by atoms with E-state index in [2.05, 4.69) is 22.0 Å². The number of methoxy groups -OCH3 is 1. The molecule has 0 radical (unpaired) electrons. The van der Waals surface area contributed by atoms with Crippen LogP contribution in [0, 0.1) is 11.3 Å². The maximum Gasteiger partial charge on any atom is 0.184 e. The second kappa shape index (κ2) is 6.73. The summed E-state index contributed by atoms with van der Waals surface area (Å²) in [6.07, 6.45) is 0.132. The van der Waals surface area contributed by atoms with Gasteiger partial charge in [0.25, 0.3) is 0 Å². The Morgan fingerprint density at radius 2 is 2.24 bits per heavy atom. The second-order valence-corrected chi connectivity index (χ2v) is 4.37. The van der Waals surface area contributed by atoms with Gasteiger partial charge in [-0.1, -0.05) is 34.5 Å². The number of alkyl halides is 1. The van der Waals surface area contributed by atoms with Gasteiger partial charge < -0.3 is 9.47 Å². The molecule has 0 aromatic heterocycles. The number of nitriles is 1. The third-order valence-corrected chi connectivity index (χ3v) is 3.06. The molecule has 1 atom stereocenters. The fraction of sp³-hybridized carbons (Fsp3) is 0.417. The molecule has 0 aliphatic rings. The van der Waals surface area contributed by atoms with Gasteiger partial charge in [0.1, 0.15) is 6.07 Å². The Bertz CT molecular complexity index is 406. The van der Waals surface area contributed by atoms with Crippen molar-refractivity contribution >= 4 is 27.5 Å². The third kappa shape index (κ3) is 3.52. The molecule has 92 valence electrons. The number of nitrogens with zero attached hydrogens (tertiary/aromatic N) is 1. The van der Waals surface area contributed by atoms with Crippen molar-refractivity contribution in [1.82, 2.24) is 0 Å². The van der Waals surface area contributed by atoms with Gasteiger partial charge in [-0.3, -0.25) is 0 Å². The van der Waals surface area contributed by atoms with E-state index in [0.717, 1.165) is 5.56 Å². The fourth-order valence-electron chi connectivity index (χ4n) is 1.35. The summed E-state index contributed by atoms with van der Waals surface area (Å²) in [5, 5.41) is 10.1. The smallest absolute Gasteiger partial charge is 0.184 e. The first kappa shape index (κ1) is 14.1. The lowest BCUT2D eigenvalue weighted by Crippen LogP contribution is -2.14. The number of benzene rings is 1. The van der Waals surface area contributed by atoms with Crippen molar-refractivity contribution < 1.29 is 9.47 Å². The van der Waals surface area contributed by atoms with Crippen molar-refractivity contribution in [2.75, 3.05) is 7.11 Å². The van der Waals surface area contributed by atoms with Crippen LogP contribution in [0.1, 0.15) is 18.9 Å². The Hall–Kier alpha value is -0.920. The summed E-state index contributed by atoms with van der Waals surface area (Å²) in [6.45, 7) is 1.89. The zero-order valence-electron chi connectivity index (χ0n) is 9.67. The molecule has 1 aromatic carbocycles. The van der Waals surface area contributed by atoms with E-state index in [-0.39, 0.29) is 0 Å². The molecule has 5 heteroatoms. The first-order valence-electron chi connectivity index (χ1n) is 5.14. The highest BCUT2D eigenvalue weighted by Crippen LogP contribution is 2.36. The molecule has 0 fully saturated rings. The van der Waals surface area contributed by atoms with Crippen molar-refractivity contribution in [3.05, 3.63) is 22.7 Å². The number of hydrogen-bond donors (Lipinski definition) is 0. The van der Waals surface area contributed by atoms with Gasteiger partial charge in [-0.15, -0.1) is 0 Å². The van der Waals surface area contributed by atoms with Crippen molar-refractivity contribution in [3.8, 4) is 17.6 Å². The van der Waals surface area contributed by atoms with Gasteiger partial charge in [-0.05, 0) is 12.5 Å². The molecule has 1 unspecified atom stereocenters. The molecule has 0 heterocycles. The van der Waals surface area contributed by atoms with Crippen molar-refractivity contribution in [2.24, 2.45) is 0 Å². The predicted octanol–water partition coefficient (Wildman–Crippen LogP) is 3.92. The predicted molar refractivity (Wildman–Crippen MR) is 71.0 cm³/mol. The van der Waals surface area contributed by atoms with E-state index in [1.807, 2.05) is 6.92 Å². The van der Waals surface area contributed by atoms with Gasteiger partial charge in [0, 0.05) is 22.0 Å². The molecule has 0 aliphatic heterocycles. The Kier molecular flexibility index (Phi) is 5.60. The SMILES string of the molecule is CCC(C#N)Oc1c(CBr)cc(Cl)cc1OC. The van der Waals surface area contributed by atoms with Gasteiger partial charge >= 0.3 is 0 Å². The molecule has 1 aromatic rings. The first-order chi connectivity index (χ1) is 8.15. The summed E-state index contributed by atoms with van der Waals surface area (Å²) < 4.78 is 10.9. The van der Waals surface area contributed by atoms with Crippen LogP contribution in [0.5, 0.6) is 11.5 Å². The van der Waals surface area contributed by atoms with E-state index in [9.17, 15) is 0 Å². The highest BCUT2D eigenvalue weighted by molar-refractivity contribution is 9.08. The second-order valence-electron chi connectivity index (χ2n) is 3.37. The van der Waals surface area contributed by atoms with Crippen LogP contribution in [0.2, 0.25) is 5.02 Å². The molecule has 0 aliphatic carbocycles. The van der Waals surface area contributed by atoms with Gasteiger partial charge in [-0.25, -0.2) is 0 Å². The molecule has 0 bridgehead atoms. The van der Waals surface area contributed by atoms with E-state index < -0.39 is 6.10 Å². The van der Waals surface area contributed by atoms with Gasteiger partial charge in [0.2, 0.25) is 0 Å². The standard InChI is InChI=1S/C12H13BrClNO2/c1-3-10(7-15)17-12-8(6-13)4-9(14)5-11(12)16-2/h4-5,10H,3,6H2,1-2H3. The lowest BCUT2D eigenvalue weighted by molar-refractivity contribution is 0.237. The van der Waals surface area contributed by atoms with E-state index in [1.54, 1.807) is 19.2 Å². The average molecular weight is 319 g/mol. The molecule has 0 N–H and O–H groups in total. The molecular weight excluding hydrogens is 305 g/mol. The Morgan fingerprint density at radius 1 is 1.53 bits per heavy atom. The first-order valence-corrected chi connectivity index (χ1v) is 6.64. The van der Waals surface area contributed by atoms with Crippen molar-refractivity contribution in [3.63, 3.8) is 0 Å². The number of rotatable bonds is 5. The Balaban J connectivity index is 3.15. The van der Waals surface area contributed by atoms with Crippen LogP contribution in [-0.4, -0.2) is 13.2 Å². The zero-order chi connectivity index (χ0) is 12.8. The molecular formula is C12H13BrClNO2. The van der Waals surface area contributed by atoms with Crippen LogP contribution in [0.3, 0.4) is 0 Å².